The van der Waals surface area contributed by atoms with Gasteiger partial charge in [0.25, 0.3) is 0 Å². The Morgan fingerprint density at radius 2 is 2.14 bits per heavy atom. The zero-order valence-electron chi connectivity index (χ0n) is 13.2. The van der Waals surface area contributed by atoms with Gasteiger partial charge in [-0.25, -0.2) is 9.78 Å². The number of thiazole rings is 1. The monoisotopic (exact) mass is 318 g/mol. The molecule has 6 heteroatoms. The lowest BCUT2D eigenvalue weighted by atomic mass is 10.1. The summed E-state index contributed by atoms with van der Waals surface area (Å²) in [5, 5.41) is 7.75. The number of nitrogens with one attached hydrogen (secondary N) is 2. The van der Waals surface area contributed by atoms with E-state index in [-0.39, 0.29) is 6.03 Å². The van der Waals surface area contributed by atoms with Crippen molar-refractivity contribution in [2.45, 2.75) is 19.9 Å². The van der Waals surface area contributed by atoms with Gasteiger partial charge in [0, 0.05) is 44.7 Å². The van der Waals surface area contributed by atoms with Crippen LogP contribution in [0.1, 0.15) is 16.8 Å². The van der Waals surface area contributed by atoms with Crippen LogP contribution < -0.4 is 15.5 Å². The molecule has 0 unspecified atom stereocenters. The lowest BCUT2D eigenvalue weighted by Gasteiger charge is -2.18. The average Bonchev–Trinajstić information content (AvgIpc) is 2.99. The van der Waals surface area contributed by atoms with Crippen molar-refractivity contribution in [3.63, 3.8) is 0 Å². The third kappa shape index (κ3) is 4.73. The first-order valence-electron chi connectivity index (χ1n) is 7.22. The number of rotatable bonds is 6. The summed E-state index contributed by atoms with van der Waals surface area (Å²) in [6, 6.07) is 6.09. The van der Waals surface area contributed by atoms with Crippen LogP contribution in [0.3, 0.4) is 0 Å². The molecule has 1 aromatic heterocycles. The van der Waals surface area contributed by atoms with E-state index < -0.39 is 0 Å². The maximum atomic E-state index is 11.8. The Kier molecular flexibility index (Phi) is 5.77. The van der Waals surface area contributed by atoms with Gasteiger partial charge >= 0.3 is 6.03 Å². The molecule has 0 saturated heterocycles. The van der Waals surface area contributed by atoms with E-state index in [9.17, 15) is 4.79 Å². The minimum atomic E-state index is -0.152. The second kappa shape index (κ2) is 7.79. The van der Waals surface area contributed by atoms with Crippen LogP contribution in [0.25, 0.3) is 0 Å². The number of amides is 2. The maximum Gasteiger partial charge on any atom is 0.315 e. The minimum Gasteiger partial charge on any atom is -0.377 e. The molecule has 0 radical (unpaired) electrons. The molecule has 22 heavy (non-hydrogen) atoms. The van der Waals surface area contributed by atoms with Gasteiger partial charge < -0.3 is 15.5 Å². The number of carbonyl (C=O) groups is 1. The third-order valence-electron chi connectivity index (χ3n) is 3.31. The molecule has 2 amide bonds. The van der Waals surface area contributed by atoms with Crippen LogP contribution in [-0.4, -0.2) is 31.7 Å². The molecule has 0 saturated carbocycles. The van der Waals surface area contributed by atoms with Crippen molar-refractivity contribution in [3.05, 3.63) is 45.9 Å². The lowest BCUT2D eigenvalue weighted by Crippen LogP contribution is -2.36. The van der Waals surface area contributed by atoms with Gasteiger partial charge in [-0.05, 0) is 24.1 Å². The van der Waals surface area contributed by atoms with Gasteiger partial charge in [-0.1, -0.05) is 12.1 Å². The molecule has 2 rings (SSSR count). The van der Waals surface area contributed by atoms with E-state index in [1.54, 1.807) is 16.8 Å². The molecule has 1 aromatic carbocycles. The summed E-state index contributed by atoms with van der Waals surface area (Å²) in [5.41, 5.74) is 6.25. The topological polar surface area (TPSA) is 57.3 Å². The van der Waals surface area contributed by atoms with Crippen LogP contribution in [0, 0.1) is 6.92 Å². The lowest BCUT2D eigenvalue weighted by molar-refractivity contribution is 0.240. The number of anilines is 1. The van der Waals surface area contributed by atoms with E-state index in [1.165, 1.54) is 5.56 Å². The fourth-order valence-electron chi connectivity index (χ4n) is 2.14. The second-order valence-corrected chi connectivity index (χ2v) is 6.08. The third-order valence-corrected chi connectivity index (χ3v) is 3.95. The molecule has 2 N–H and O–H groups in total. The molecule has 0 aliphatic carbocycles. The van der Waals surface area contributed by atoms with Crippen molar-refractivity contribution < 1.29 is 4.79 Å². The van der Waals surface area contributed by atoms with Gasteiger partial charge in [0.15, 0.2) is 0 Å². The molecule has 2 aromatic rings. The minimum absolute atomic E-state index is 0.152. The zero-order chi connectivity index (χ0) is 15.9. The van der Waals surface area contributed by atoms with Crippen LogP contribution in [0.4, 0.5) is 10.5 Å². The summed E-state index contributed by atoms with van der Waals surface area (Å²) in [6.45, 7) is 3.16. The summed E-state index contributed by atoms with van der Waals surface area (Å²) in [5.74, 6) is 0. The Balaban J connectivity index is 1.81. The Bertz CT molecular complexity index is 611. The summed E-state index contributed by atoms with van der Waals surface area (Å²) in [4.78, 5) is 18.1. The summed E-state index contributed by atoms with van der Waals surface area (Å²) in [7, 11) is 4.01. The van der Waals surface area contributed by atoms with Gasteiger partial charge in [-0.2, -0.15) is 0 Å². The standard InChI is InChI=1S/C16H22N4OS/c1-12-4-5-13(15(8-12)20(2)3)9-18-16(21)17-7-6-14-10-22-11-19-14/h4-5,8,10-11H,6-7,9H2,1-3H3,(H2,17,18,21). The number of aromatic nitrogens is 1. The molecule has 0 aliphatic rings. The molecule has 0 spiro atoms. The molecule has 5 nitrogen and oxygen atoms in total. The first-order valence-corrected chi connectivity index (χ1v) is 8.16. The SMILES string of the molecule is Cc1ccc(CNC(=O)NCCc2cscn2)c(N(C)C)c1. The van der Waals surface area contributed by atoms with E-state index in [2.05, 4.69) is 45.6 Å². The first kappa shape index (κ1) is 16.3. The predicted octanol–water partition coefficient (Wildman–Crippen LogP) is 2.56. The highest BCUT2D eigenvalue weighted by molar-refractivity contribution is 7.07. The molecular formula is C16H22N4OS. The van der Waals surface area contributed by atoms with E-state index in [4.69, 9.17) is 0 Å². The van der Waals surface area contributed by atoms with Crippen molar-refractivity contribution in [3.8, 4) is 0 Å². The van der Waals surface area contributed by atoms with Crippen LogP contribution in [0.5, 0.6) is 0 Å². The van der Waals surface area contributed by atoms with Crippen LogP contribution in [0.2, 0.25) is 0 Å². The number of urea groups is 1. The van der Waals surface area contributed by atoms with Gasteiger partial charge in [0.1, 0.15) is 0 Å². The summed E-state index contributed by atoms with van der Waals surface area (Å²) in [6.07, 6.45) is 0.754. The quantitative estimate of drug-likeness (QED) is 0.860. The van der Waals surface area contributed by atoms with Crippen molar-refractivity contribution in [1.82, 2.24) is 15.6 Å². The number of hydrogen-bond acceptors (Lipinski definition) is 4. The molecular weight excluding hydrogens is 296 g/mol. The normalized spacial score (nSPS) is 10.3. The fourth-order valence-corrected chi connectivity index (χ4v) is 2.74. The van der Waals surface area contributed by atoms with Gasteiger partial charge in [0.05, 0.1) is 11.2 Å². The van der Waals surface area contributed by atoms with E-state index in [0.717, 1.165) is 23.4 Å². The van der Waals surface area contributed by atoms with Gasteiger partial charge in [-0.15, -0.1) is 11.3 Å². The second-order valence-electron chi connectivity index (χ2n) is 5.37. The molecule has 0 aliphatic heterocycles. The Hall–Kier alpha value is -2.08. The largest absolute Gasteiger partial charge is 0.377 e. The highest BCUT2D eigenvalue weighted by atomic mass is 32.1. The van der Waals surface area contributed by atoms with Gasteiger partial charge in [-0.3, -0.25) is 0 Å². The first-order chi connectivity index (χ1) is 10.6. The van der Waals surface area contributed by atoms with Crippen molar-refractivity contribution >= 4 is 23.1 Å². The van der Waals surface area contributed by atoms with Crippen molar-refractivity contribution in [1.29, 1.82) is 0 Å². The molecule has 118 valence electrons. The van der Waals surface area contributed by atoms with Crippen LogP contribution >= 0.6 is 11.3 Å². The van der Waals surface area contributed by atoms with Crippen molar-refractivity contribution in [2.24, 2.45) is 0 Å². The highest BCUT2D eigenvalue weighted by Gasteiger charge is 2.07. The molecule has 0 fully saturated rings. The number of carbonyl (C=O) groups excluding carboxylic acids is 1. The zero-order valence-corrected chi connectivity index (χ0v) is 14.0. The highest BCUT2D eigenvalue weighted by Crippen LogP contribution is 2.20. The van der Waals surface area contributed by atoms with Crippen LogP contribution in [0.15, 0.2) is 29.1 Å². The van der Waals surface area contributed by atoms with Gasteiger partial charge in [0.2, 0.25) is 0 Å². The molecule has 0 atom stereocenters. The fraction of sp³-hybridized carbons (Fsp3) is 0.375. The van der Waals surface area contributed by atoms with E-state index in [1.807, 2.05) is 19.5 Å². The van der Waals surface area contributed by atoms with E-state index >= 15 is 0 Å². The Morgan fingerprint density at radius 3 is 2.82 bits per heavy atom. The number of hydrogen-bond donors (Lipinski definition) is 2. The summed E-state index contributed by atoms with van der Waals surface area (Å²) < 4.78 is 0. The molecule has 0 bridgehead atoms. The molecule has 1 heterocycles. The maximum absolute atomic E-state index is 11.8. The average molecular weight is 318 g/mol. The summed E-state index contributed by atoms with van der Waals surface area (Å²) >= 11 is 1.57. The van der Waals surface area contributed by atoms with Crippen LogP contribution in [-0.2, 0) is 13.0 Å². The smallest absolute Gasteiger partial charge is 0.315 e. The number of nitrogens with zero attached hydrogens (tertiary/aromatic N) is 2. The van der Waals surface area contributed by atoms with E-state index in [0.29, 0.717) is 13.1 Å². The number of benzene rings is 1. The predicted molar refractivity (Wildman–Crippen MR) is 91.6 cm³/mol. The van der Waals surface area contributed by atoms with Crippen molar-refractivity contribution in [2.75, 3.05) is 25.5 Å². The Morgan fingerprint density at radius 1 is 1.32 bits per heavy atom. The Labute approximate surface area is 135 Å². The number of aryl methyl sites for hydroxylation is 1.